The monoisotopic (exact) mass is 1460 g/mol. The molecule has 105 heavy (non-hydrogen) atoms. The molecule has 0 radical (unpaired) electrons. The molecular weight excluding hydrogens is 1380 g/mol. The molecule has 0 aromatic rings. The minimum absolute atomic E-state index is 0.164. The van der Waals surface area contributed by atoms with Gasteiger partial charge in [0.1, 0.15) is 108 Å². The number of hydrogen-bond donors (Lipinski definition) is 7. The van der Waals surface area contributed by atoms with E-state index in [0.29, 0.717) is 57.8 Å². The first-order valence-corrected chi connectivity index (χ1v) is 35.7. The van der Waals surface area contributed by atoms with Crippen LogP contribution < -0.4 is 37.2 Å². The molecule has 7 N–H and O–H groups in total. The highest BCUT2D eigenvalue weighted by molar-refractivity contribution is 5.92. The van der Waals surface area contributed by atoms with Gasteiger partial charge in [0.25, 0.3) is 0 Å². The maximum Gasteiger partial charge on any atom is 0.326 e. The van der Waals surface area contributed by atoms with Crippen LogP contribution in [-0.4, -0.2) is 425 Å². The average Bonchev–Trinajstić information content (AvgIpc) is 1.53. The Morgan fingerprint density at radius 3 is 1.44 bits per heavy atom. The third-order valence-electron chi connectivity index (χ3n) is 26.6. The lowest BCUT2D eigenvalue weighted by Crippen LogP contribution is -2.77. The van der Waals surface area contributed by atoms with Gasteiger partial charge in [-0.3, -0.25) is 139 Å². The zero-order valence-electron chi connectivity index (χ0n) is 57.5. The van der Waals surface area contributed by atoms with Crippen LogP contribution in [0.5, 0.6) is 0 Å². The van der Waals surface area contributed by atoms with Crippen molar-refractivity contribution >= 4 is 91.6 Å². The summed E-state index contributed by atoms with van der Waals surface area (Å²) in [6.07, 6.45) is -9.02. The number of nitrogens with one attached hydrogen (secondary N) is 7. The van der Waals surface area contributed by atoms with Crippen LogP contribution in [-0.2, 0) is 14.4 Å². The molecule has 2 aliphatic carbocycles. The second-order valence-electron chi connectivity index (χ2n) is 30.8. The van der Waals surface area contributed by atoms with Crippen LogP contribution in [0.2, 0.25) is 0 Å². The molecule has 18 saturated heterocycles. The predicted octanol–water partition coefficient (Wildman–Crippen LogP) is -6.59. The van der Waals surface area contributed by atoms with Gasteiger partial charge >= 0.3 is 72.4 Å². The molecule has 20 rings (SSSR count). The van der Waals surface area contributed by atoms with E-state index in [9.17, 15) is 14.4 Å². The summed E-state index contributed by atoms with van der Waals surface area (Å²) in [5.74, 6) is 0. The lowest BCUT2D eigenvalue weighted by molar-refractivity contribution is -0.141. The summed E-state index contributed by atoms with van der Waals surface area (Å²) in [7, 11) is 1.46. The number of hydrogen-bond acceptors (Lipinski definition) is 20. The highest BCUT2D eigenvalue weighted by Crippen LogP contribution is 2.55. The van der Waals surface area contributed by atoms with Gasteiger partial charge in [-0.2, -0.15) is 0 Å². The number of nitrogens with zero attached hydrogens (tertiary/aromatic N) is 25. The summed E-state index contributed by atoms with van der Waals surface area (Å²) in [6.45, 7) is -3.97. The minimum Gasteiger partial charge on any atom is -0.321 e. The zero-order chi connectivity index (χ0) is 72.4. The number of carbonyl (C=O) groups excluding carboxylic acids is 15. The standard InChI is InChI=1S/C58H80N32O15/c1-31-33-60-13-70-32-8-4-5-10-57(32)87-26-84-39(69(30-93)21-90(57)54(70)104)37-62-15-73-40-42-80(48(73)98)24-83-43-41-74(49(99)81(43)23-82(42)52(102)79(40)22-77(37)51(84)101)17-65-45(95)88-25-78-35(63-18-86-55(105)89(27-85(41)53(83)103)56(2)9-6-7-11-58(56,86)88)34-61-14-72-38(68(29-92)20-75(34)50(78)100)36(76(47(72)97)19-67(31)28-91)59-12-66(3)46(96)71(33)16-64-44(87)94/h28-43,59-63H,4-27H2,1-3H3,(H,64,94)(H,65,95). The van der Waals surface area contributed by atoms with E-state index < -0.39 is 243 Å². The quantitative estimate of drug-likeness (QED) is 0.129. The number of carbonyl (C=O) groups is 15. The van der Waals surface area contributed by atoms with Gasteiger partial charge < -0.3 is 35.1 Å². The van der Waals surface area contributed by atoms with E-state index in [0.717, 1.165) is 0 Å². The van der Waals surface area contributed by atoms with Crippen molar-refractivity contribution in [1.29, 1.82) is 0 Å². The first-order valence-electron chi connectivity index (χ1n) is 35.7. The molecule has 0 aromatic carbocycles. The van der Waals surface area contributed by atoms with Gasteiger partial charge in [-0.15, -0.1) is 0 Å². The Bertz CT molecular complexity index is 3960. The first kappa shape index (κ1) is 64.1. The molecule has 47 heteroatoms. The first-order chi connectivity index (χ1) is 50.6. The molecule has 16 atom stereocenters. The Morgan fingerprint density at radius 2 is 0.762 bits per heavy atom. The van der Waals surface area contributed by atoms with E-state index in [1.165, 1.54) is 120 Å². The molecule has 27 amide bonds. The molecule has 562 valence electrons. The topological polar surface area (TPSA) is 421 Å². The fraction of sp³-hybridized carbons (Fsp3) is 0.741. The Morgan fingerprint density at radius 1 is 0.333 bits per heavy atom. The predicted molar refractivity (Wildman–Crippen MR) is 340 cm³/mol. The van der Waals surface area contributed by atoms with E-state index in [2.05, 4.69) is 37.2 Å². The second-order valence-corrected chi connectivity index (χ2v) is 30.8. The molecule has 16 unspecified atom stereocenters. The number of urea groups is 12. The summed E-state index contributed by atoms with van der Waals surface area (Å²) >= 11 is 0. The van der Waals surface area contributed by atoms with Gasteiger partial charge in [0.15, 0.2) is 24.7 Å². The minimum atomic E-state index is -1.58. The van der Waals surface area contributed by atoms with Crippen LogP contribution >= 0.6 is 0 Å². The molecular formula is C58H80N32O15. The summed E-state index contributed by atoms with van der Waals surface area (Å²) in [6, 6.07) is -10.5. The molecule has 18 aliphatic heterocycles. The van der Waals surface area contributed by atoms with Gasteiger partial charge in [-0.25, -0.2) is 57.5 Å². The van der Waals surface area contributed by atoms with Crippen molar-refractivity contribution in [3.63, 3.8) is 0 Å². The molecule has 2 spiro atoms. The van der Waals surface area contributed by atoms with Gasteiger partial charge in [0.05, 0.1) is 71.0 Å². The summed E-state index contributed by atoms with van der Waals surface area (Å²) in [5, 5.41) is 22.9. The number of fused-ring (bicyclic) bond motifs is 10. The molecule has 47 nitrogen and oxygen atoms in total. The van der Waals surface area contributed by atoms with E-state index >= 15 is 57.5 Å². The van der Waals surface area contributed by atoms with E-state index in [-0.39, 0.29) is 46.2 Å². The van der Waals surface area contributed by atoms with Crippen LogP contribution in [0.3, 0.4) is 0 Å². The smallest absolute Gasteiger partial charge is 0.321 e. The fourth-order valence-corrected chi connectivity index (χ4v) is 21.7. The average molecular weight is 1470 g/mol. The van der Waals surface area contributed by atoms with Crippen LogP contribution in [0.15, 0.2) is 0 Å². The third kappa shape index (κ3) is 7.80. The van der Waals surface area contributed by atoms with E-state index in [1.807, 2.05) is 6.92 Å². The fourth-order valence-electron chi connectivity index (χ4n) is 21.7. The van der Waals surface area contributed by atoms with Gasteiger partial charge in [-0.05, 0) is 52.4 Å². The lowest BCUT2D eigenvalue weighted by atomic mass is 9.72. The summed E-state index contributed by atoms with van der Waals surface area (Å²) in [5.41, 5.74) is -4.47. The molecule has 18 heterocycles. The van der Waals surface area contributed by atoms with Gasteiger partial charge in [0, 0.05) is 7.05 Å². The molecule has 0 aromatic heterocycles. The number of amides is 27. The highest BCUT2D eigenvalue weighted by Gasteiger charge is 2.75. The van der Waals surface area contributed by atoms with Gasteiger partial charge in [0.2, 0.25) is 19.2 Å². The van der Waals surface area contributed by atoms with Crippen molar-refractivity contribution in [1.82, 2.24) is 160 Å². The summed E-state index contributed by atoms with van der Waals surface area (Å²) < 4.78 is 0. The van der Waals surface area contributed by atoms with Crippen LogP contribution in [0, 0.1) is 0 Å². The highest BCUT2D eigenvalue weighted by atomic mass is 16.2. The maximum atomic E-state index is 16.0. The normalized spacial score (nSPS) is 39.1. The molecule has 20 fully saturated rings. The molecule has 20 aliphatic rings. The van der Waals surface area contributed by atoms with Crippen molar-refractivity contribution < 1.29 is 71.9 Å². The van der Waals surface area contributed by atoms with Crippen molar-refractivity contribution in [3.8, 4) is 0 Å². The van der Waals surface area contributed by atoms with Crippen molar-refractivity contribution in [3.05, 3.63) is 0 Å². The zero-order valence-corrected chi connectivity index (χ0v) is 57.5. The molecule has 2 saturated carbocycles. The van der Waals surface area contributed by atoms with Crippen LogP contribution in [0.25, 0.3) is 0 Å². The van der Waals surface area contributed by atoms with E-state index in [1.54, 1.807) is 16.7 Å². The Balaban J connectivity index is 0.740. The van der Waals surface area contributed by atoms with Crippen LogP contribution in [0.4, 0.5) is 57.5 Å². The maximum absolute atomic E-state index is 16.0. The SMILES string of the molecule is CC1C2NCN3C(=O)N4CN(C=O)C5C6NCN7C(=O)N8CN9C(=O)N%10CN%11C(=O)N%12CNC%13C%14NCN%15C(=O)N(CN1C=O)C1NCN(C)C(=O)N2CNC(=O)N(CN5C(=O)N6CN2C(=O)N(CN5C(=O)N(CNC(=O)N(CN%13C(=O)N%14CN(C=O)C1%15)C%121CCCCC%111C)C%10C59)C8C72)C41CCCCC31. The number of rotatable bonds is 3. The van der Waals surface area contributed by atoms with Crippen LogP contribution in [0.1, 0.15) is 65.2 Å². The van der Waals surface area contributed by atoms with Crippen molar-refractivity contribution in [2.24, 2.45) is 0 Å². The van der Waals surface area contributed by atoms with Crippen molar-refractivity contribution in [2.45, 2.75) is 162 Å². The Labute approximate surface area is 597 Å². The van der Waals surface area contributed by atoms with Crippen molar-refractivity contribution in [2.75, 3.05) is 114 Å². The third-order valence-corrected chi connectivity index (χ3v) is 26.6. The molecule has 17 bridgehead atoms. The summed E-state index contributed by atoms with van der Waals surface area (Å²) in [4.78, 5) is 265. The Hall–Kier alpha value is -10.5. The second kappa shape index (κ2) is 21.8. The van der Waals surface area contributed by atoms with E-state index in [4.69, 9.17) is 0 Å². The largest absolute Gasteiger partial charge is 0.326 e. The Kier molecular flexibility index (Phi) is 13.3. The lowest BCUT2D eigenvalue weighted by Gasteiger charge is -2.58. The van der Waals surface area contributed by atoms with Gasteiger partial charge in [-0.1, -0.05) is 12.8 Å².